The number of aromatic nitrogens is 5. The van der Waals surface area contributed by atoms with Crippen molar-refractivity contribution in [2.45, 2.75) is 38.0 Å². The third kappa shape index (κ3) is 2.48. The molecule has 3 aromatic rings. The summed E-state index contributed by atoms with van der Waals surface area (Å²) in [4.78, 5) is 11.4. The van der Waals surface area contributed by atoms with Gasteiger partial charge in [0.15, 0.2) is 0 Å². The fourth-order valence-electron chi connectivity index (χ4n) is 2.70. The Morgan fingerprint density at radius 3 is 3.22 bits per heavy atom. The van der Waals surface area contributed by atoms with E-state index in [9.17, 15) is 5.26 Å². The van der Waals surface area contributed by atoms with Crippen molar-refractivity contribution in [3.63, 3.8) is 0 Å². The van der Waals surface area contributed by atoms with E-state index in [1.54, 1.807) is 12.3 Å². The molecular formula is C17H18N6. The van der Waals surface area contributed by atoms with Gasteiger partial charge >= 0.3 is 0 Å². The van der Waals surface area contributed by atoms with Crippen LogP contribution in [0.3, 0.4) is 0 Å². The predicted molar refractivity (Wildman–Crippen MR) is 86.3 cm³/mol. The zero-order valence-electron chi connectivity index (χ0n) is 18.2. The molecule has 0 spiro atoms. The number of H-pyrrole nitrogens is 1. The molecule has 0 unspecified atom stereocenters. The molecule has 6 heteroatoms. The molecule has 1 N–H and O–H groups in total. The highest BCUT2D eigenvalue weighted by Crippen LogP contribution is 2.36. The second-order valence-electron chi connectivity index (χ2n) is 5.15. The van der Waals surface area contributed by atoms with E-state index in [4.69, 9.17) is 8.22 Å². The summed E-state index contributed by atoms with van der Waals surface area (Å²) in [7, 11) is 0. The molecule has 1 aliphatic rings. The van der Waals surface area contributed by atoms with Gasteiger partial charge in [0.2, 0.25) is 0 Å². The third-order valence-corrected chi connectivity index (χ3v) is 3.75. The maximum absolute atomic E-state index is 9.35. The highest BCUT2D eigenvalue weighted by Gasteiger charge is 2.27. The van der Waals surface area contributed by atoms with Crippen molar-refractivity contribution >= 4 is 11.0 Å². The van der Waals surface area contributed by atoms with Crippen LogP contribution in [0.15, 0.2) is 31.0 Å². The summed E-state index contributed by atoms with van der Waals surface area (Å²) >= 11 is 0. The first-order chi connectivity index (χ1) is 13.6. The molecule has 4 rings (SSSR count). The third-order valence-electron chi connectivity index (χ3n) is 3.75. The molecule has 1 fully saturated rings. The molecule has 23 heavy (non-hydrogen) atoms. The first-order valence-electron chi connectivity index (χ1n) is 10.3. The van der Waals surface area contributed by atoms with E-state index >= 15 is 0 Å². The van der Waals surface area contributed by atoms with E-state index < -0.39 is 31.1 Å². The van der Waals surface area contributed by atoms with Gasteiger partial charge in [0.05, 0.1) is 31.8 Å². The topological polar surface area (TPSA) is 83.2 Å². The molecule has 0 radical (unpaired) electrons. The van der Waals surface area contributed by atoms with Crippen LogP contribution in [-0.2, 0) is 0 Å². The van der Waals surface area contributed by atoms with Crippen molar-refractivity contribution in [2.75, 3.05) is 0 Å². The van der Waals surface area contributed by atoms with Gasteiger partial charge in [-0.2, -0.15) is 10.4 Å². The summed E-state index contributed by atoms with van der Waals surface area (Å²) < 4.78 is 51.9. The number of nitrogens with one attached hydrogen (secondary N) is 1. The van der Waals surface area contributed by atoms with Crippen molar-refractivity contribution in [3.05, 3.63) is 31.0 Å². The summed E-state index contributed by atoms with van der Waals surface area (Å²) in [6.45, 7) is 0. The van der Waals surface area contributed by atoms with E-state index in [1.807, 2.05) is 6.07 Å². The lowest BCUT2D eigenvalue weighted by atomic mass is 9.96. The number of rotatable bonds is 4. The Balaban J connectivity index is 1.88. The minimum absolute atomic E-state index is 0.209. The lowest BCUT2D eigenvalue weighted by molar-refractivity contribution is 0.315. The standard InChI is InChI=1S/C17H18N6/c18-7-5-15(12-3-1-2-4-12)23-10-13(9-22-23)16-14-6-8-19-17(14)21-11-20-16/h6,8-12,15H,1-5H2,(H,19,20,21)/t15-/m0/s1/i3D2,4D2,12D,15D. The summed E-state index contributed by atoms with van der Waals surface area (Å²) in [6.07, 6.45) is 0.263. The largest absolute Gasteiger partial charge is 0.346 e. The van der Waals surface area contributed by atoms with E-state index in [0.29, 0.717) is 16.9 Å². The Morgan fingerprint density at radius 1 is 1.52 bits per heavy atom. The zero-order valence-corrected chi connectivity index (χ0v) is 12.2. The molecule has 116 valence electrons. The maximum atomic E-state index is 9.35. The number of aromatic amines is 1. The molecular weight excluding hydrogens is 288 g/mol. The number of fused-ring (bicyclic) bond motifs is 1. The number of nitriles is 1. The molecule has 1 saturated carbocycles. The molecule has 0 amide bonds. The van der Waals surface area contributed by atoms with Crippen LogP contribution < -0.4 is 0 Å². The first-order valence-corrected chi connectivity index (χ1v) is 7.28. The first kappa shape index (κ1) is 8.82. The van der Waals surface area contributed by atoms with Crippen LogP contribution in [0, 0.1) is 17.2 Å². The van der Waals surface area contributed by atoms with Crippen LogP contribution in [0.4, 0.5) is 0 Å². The van der Waals surface area contributed by atoms with Gasteiger partial charge in [-0.05, 0) is 24.7 Å². The van der Waals surface area contributed by atoms with Gasteiger partial charge in [0.1, 0.15) is 12.0 Å². The second-order valence-corrected chi connectivity index (χ2v) is 5.15. The van der Waals surface area contributed by atoms with Crippen molar-refractivity contribution in [2.24, 2.45) is 5.89 Å². The molecule has 3 heterocycles. The van der Waals surface area contributed by atoms with Crippen LogP contribution in [0.1, 0.15) is 46.3 Å². The monoisotopic (exact) mass is 312 g/mol. The smallest absolute Gasteiger partial charge is 0.141 e. The second kappa shape index (κ2) is 5.84. The van der Waals surface area contributed by atoms with Crippen molar-refractivity contribution in [3.8, 4) is 17.3 Å². The highest BCUT2D eigenvalue weighted by atomic mass is 15.3. The molecule has 0 saturated heterocycles. The van der Waals surface area contributed by atoms with Gasteiger partial charge in [-0.15, -0.1) is 0 Å². The minimum atomic E-state index is -2.54. The fraction of sp³-hybridized carbons (Fsp3) is 0.412. The Kier molecular flexibility index (Phi) is 2.24. The van der Waals surface area contributed by atoms with Crippen LogP contribution in [0.2, 0.25) is 0 Å². The Labute approximate surface area is 142 Å². The lowest BCUT2D eigenvalue weighted by Gasteiger charge is -2.21. The average molecular weight is 312 g/mol. The molecule has 1 aliphatic carbocycles. The van der Waals surface area contributed by atoms with Crippen LogP contribution >= 0.6 is 0 Å². The summed E-state index contributed by atoms with van der Waals surface area (Å²) in [5.41, 5.74) is 1.63. The van der Waals surface area contributed by atoms with Gasteiger partial charge in [0.25, 0.3) is 0 Å². The lowest BCUT2D eigenvalue weighted by Crippen LogP contribution is -2.17. The Morgan fingerprint density at radius 2 is 2.39 bits per heavy atom. The maximum Gasteiger partial charge on any atom is 0.141 e. The van der Waals surface area contributed by atoms with Gasteiger partial charge in [-0.25, -0.2) is 9.97 Å². The fourth-order valence-corrected chi connectivity index (χ4v) is 2.70. The Bertz CT molecular complexity index is 1100. The number of nitrogens with zero attached hydrogens (tertiary/aromatic N) is 5. The molecule has 1 atom stereocenters. The molecule has 0 aromatic carbocycles. The highest BCUT2D eigenvalue weighted by molar-refractivity contribution is 5.89. The molecule has 0 aliphatic heterocycles. The van der Waals surface area contributed by atoms with Crippen LogP contribution in [-0.4, -0.2) is 24.7 Å². The average Bonchev–Trinajstić information content (AvgIpc) is 3.37. The van der Waals surface area contributed by atoms with E-state index in [0.717, 1.165) is 10.1 Å². The predicted octanol–water partition coefficient (Wildman–Crippen LogP) is 3.47. The summed E-state index contributed by atoms with van der Waals surface area (Å²) in [5.74, 6) is -2.54. The van der Waals surface area contributed by atoms with Gasteiger partial charge in [-0.1, -0.05) is 12.8 Å². The van der Waals surface area contributed by atoms with Crippen molar-refractivity contribution in [1.82, 2.24) is 24.7 Å². The summed E-state index contributed by atoms with van der Waals surface area (Å²) in [6, 6.07) is 1.33. The normalized spacial score (nSPS) is 27.6. The van der Waals surface area contributed by atoms with E-state index in [-0.39, 0.29) is 12.8 Å². The number of hydrogen-bond donors (Lipinski definition) is 1. The van der Waals surface area contributed by atoms with Gasteiger partial charge in [-0.3, -0.25) is 4.68 Å². The number of hydrogen-bond acceptors (Lipinski definition) is 4. The van der Waals surface area contributed by atoms with Crippen LogP contribution in [0.5, 0.6) is 0 Å². The van der Waals surface area contributed by atoms with Crippen LogP contribution in [0.25, 0.3) is 22.3 Å². The van der Waals surface area contributed by atoms with Gasteiger partial charge in [0, 0.05) is 30.2 Å². The van der Waals surface area contributed by atoms with E-state index in [1.165, 1.54) is 18.7 Å². The SMILES string of the molecule is [2H]C1([2H])CCC([2H])([2H])C1([2H])[C@]([2H])(CC#N)n1cc(-c2ncnc3[nH]ccc23)cn1. The Hall–Kier alpha value is -2.68. The summed E-state index contributed by atoms with van der Waals surface area (Å²) in [5, 5.41) is 14.2. The van der Waals surface area contributed by atoms with Gasteiger partial charge < -0.3 is 4.98 Å². The zero-order chi connectivity index (χ0) is 21.1. The molecule has 3 aromatic heterocycles. The molecule has 6 nitrogen and oxygen atoms in total. The quantitative estimate of drug-likeness (QED) is 0.799. The van der Waals surface area contributed by atoms with E-state index in [2.05, 4.69) is 20.1 Å². The molecule has 0 bridgehead atoms. The van der Waals surface area contributed by atoms with Crippen molar-refractivity contribution < 1.29 is 8.22 Å². The van der Waals surface area contributed by atoms with Crippen molar-refractivity contribution in [1.29, 1.82) is 5.26 Å². The minimum Gasteiger partial charge on any atom is -0.346 e.